The first-order valence-corrected chi connectivity index (χ1v) is 6.43. The summed E-state index contributed by atoms with van der Waals surface area (Å²) in [7, 11) is 0. The minimum Gasteiger partial charge on any atom is -0.344 e. The molecule has 1 atom stereocenters. The quantitative estimate of drug-likeness (QED) is 0.945. The summed E-state index contributed by atoms with van der Waals surface area (Å²) in [5.74, 6) is -0.164. The summed E-state index contributed by atoms with van der Waals surface area (Å²) in [6, 6.07) is 13.1. The molecule has 2 aromatic rings. The van der Waals surface area contributed by atoms with E-state index in [1.54, 1.807) is 24.4 Å². The molecule has 0 spiro atoms. The van der Waals surface area contributed by atoms with Crippen molar-refractivity contribution in [2.45, 2.75) is 13.0 Å². The van der Waals surface area contributed by atoms with Crippen LogP contribution in [0.4, 0.5) is 0 Å². The van der Waals surface area contributed by atoms with E-state index in [1.165, 1.54) is 0 Å². The van der Waals surface area contributed by atoms with Crippen molar-refractivity contribution in [3.05, 3.63) is 64.4 Å². The molecule has 92 valence electrons. The van der Waals surface area contributed by atoms with Crippen molar-refractivity contribution in [3.8, 4) is 0 Å². The van der Waals surface area contributed by atoms with Gasteiger partial charge in [0.05, 0.1) is 6.04 Å². The molecule has 0 bridgehead atoms. The van der Waals surface area contributed by atoms with Crippen LogP contribution in [0, 0.1) is 0 Å². The van der Waals surface area contributed by atoms with Gasteiger partial charge in [-0.3, -0.25) is 9.78 Å². The molecule has 0 saturated heterocycles. The third kappa shape index (κ3) is 3.17. The number of aromatic nitrogens is 1. The van der Waals surface area contributed by atoms with E-state index < -0.39 is 0 Å². The zero-order chi connectivity index (χ0) is 13.0. The van der Waals surface area contributed by atoms with Crippen LogP contribution in [0.2, 0.25) is 0 Å². The highest BCUT2D eigenvalue weighted by Crippen LogP contribution is 2.18. The van der Waals surface area contributed by atoms with Crippen LogP contribution < -0.4 is 5.32 Å². The van der Waals surface area contributed by atoms with Gasteiger partial charge in [-0.1, -0.05) is 34.1 Å². The molecule has 0 fully saturated rings. The molecule has 3 nitrogen and oxygen atoms in total. The van der Waals surface area contributed by atoms with Gasteiger partial charge in [0.25, 0.3) is 5.91 Å². The number of amides is 1. The highest BCUT2D eigenvalue weighted by atomic mass is 79.9. The molecular weight excluding hydrogens is 292 g/mol. The Labute approximate surface area is 114 Å². The van der Waals surface area contributed by atoms with E-state index in [1.807, 2.05) is 31.2 Å². The fourth-order valence-electron chi connectivity index (χ4n) is 1.63. The molecule has 0 aliphatic heterocycles. The lowest BCUT2D eigenvalue weighted by molar-refractivity contribution is 0.0935. The molecule has 1 aromatic heterocycles. The van der Waals surface area contributed by atoms with Crippen LogP contribution >= 0.6 is 15.9 Å². The maximum absolute atomic E-state index is 11.9. The van der Waals surface area contributed by atoms with Crippen molar-refractivity contribution in [2.24, 2.45) is 0 Å². The van der Waals surface area contributed by atoms with Gasteiger partial charge in [0, 0.05) is 10.7 Å². The first-order valence-electron chi connectivity index (χ1n) is 5.64. The lowest BCUT2D eigenvalue weighted by Gasteiger charge is -2.14. The predicted molar refractivity (Wildman–Crippen MR) is 74.3 cm³/mol. The summed E-state index contributed by atoms with van der Waals surface area (Å²) < 4.78 is 0.999. The number of nitrogens with one attached hydrogen (secondary N) is 1. The molecule has 18 heavy (non-hydrogen) atoms. The Kier molecular flexibility index (Phi) is 4.10. The van der Waals surface area contributed by atoms with E-state index in [-0.39, 0.29) is 11.9 Å². The van der Waals surface area contributed by atoms with Crippen molar-refractivity contribution in [1.82, 2.24) is 10.3 Å². The highest BCUT2D eigenvalue weighted by molar-refractivity contribution is 9.10. The molecule has 1 N–H and O–H groups in total. The van der Waals surface area contributed by atoms with Crippen molar-refractivity contribution in [1.29, 1.82) is 0 Å². The van der Waals surface area contributed by atoms with Gasteiger partial charge < -0.3 is 5.32 Å². The molecule has 0 unspecified atom stereocenters. The summed E-state index contributed by atoms with van der Waals surface area (Å²) in [6.45, 7) is 1.95. The minimum atomic E-state index is -0.164. The van der Waals surface area contributed by atoms with E-state index in [4.69, 9.17) is 0 Å². The number of hydrogen-bond acceptors (Lipinski definition) is 2. The van der Waals surface area contributed by atoms with Gasteiger partial charge in [-0.15, -0.1) is 0 Å². The number of rotatable bonds is 3. The molecular formula is C14H13BrN2O. The number of carbonyl (C=O) groups excluding carboxylic acids is 1. The van der Waals surface area contributed by atoms with Crippen LogP contribution in [-0.4, -0.2) is 10.9 Å². The van der Waals surface area contributed by atoms with E-state index in [9.17, 15) is 4.79 Å². The van der Waals surface area contributed by atoms with Crippen LogP contribution in [0.3, 0.4) is 0 Å². The largest absolute Gasteiger partial charge is 0.344 e. The second-order valence-electron chi connectivity index (χ2n) is 3.97. The second kappa shape index (κ2) is 5.78. The monoisotopic (exact) mass is 304 g/mol. The van der Waals surface area contributed by atoms with E-state index in [2.05, 4.69) is 26.2 Å². The Morgan fingerprint density at radius 2 is 2.11 bits per heavy atom. The average Bonchev–Trinajstić information content (AvgIpc) is 2.39. The number of hydrogen-bond donors (Lipinski definition) is 1. The molecule has 1 amide bonds. The van der Waals surface area contributed by atoms with Gasteiger partial charge in [-0.05, 0) is 36.8 Å². The predicted octanol–water partition coefficient (Wildman–Crippen LogP) is 3.34. The van der Waals surface area contributed by atoms with Crippen molar-refractivity contribution in [2.75, 3.05) is 0 Å². The molecule has 2 rings (SSSR count). The Hall–Kier alpha value is -1.68. The summed E-state index contributed by atoms with van der Waals surface area (Å²) in [6.07, 6.45) is 1.61. The average molecular weight is 305 g/mol. The summed E-state index contributed by atoms with van der Waals surface area (Å²) in [5, 5.41) is 2.92. The number of carbonyl (C=O) groups is 1. The van der Waals surface area contributed by atoms with Gasteiger partial charge >= 0.3 is 0 Å². The molecule has 0 aliphatic rings. The fraction of sp³-hybridized carbons (Fsp3) is 0.143. The van der Waals surface area contributed by atoms with Crippen molar-refractivity contribution >= 4 is 21.8 Å². The lowest BCUT2D eigenvalue weighted by atomic mass is 10.1. The molecule has 0 aliphatic carbocycles. The van der Waals surface area contributed by atoms with Gasteiger partial charge in [0.2, 0.25) is 0 Å². The van der Waals surface area contributed by atoms with Crippen LogP contribution in [0.5, 0.6) is 0 Å². The summed E-state index contributed by atoms with van der Waals surface area (Å²) >= 11 is 3.42. The van der Waals surface area contributed by atoms with E-state index >= 15 is 0 Å². The Morgan fingerprint density at radius 3 is 2.78 bits per heavy atom. The standard InChI is InChI=1S/C14H13BrN2O/c1-10(11-5-4-6-12(15)9-11)17-14(18)13-7-2-3-8-16-13/h2-10H,1H3,(H,17,18)/t10-/m0/s1. The van der Waals surface area contributed by atoms with Gasteiger partial charge in [0.15, 0.2) is 0 Å². The van der Waals surface area contributed by atoms with Crippen LogP contribution in [0.25, 0.3) is 0 Å². The minimum absolute atomic E-state index is 0.0583. The highest BCUT2D eigenvalue weighted by Gasteiger charge is 2.11. The Morgan fingerprint density at radius 1 is 1.28 bits per heavy atom. The zero-order valence-electron chi connectivity index (χ0n) is 9.93. The number of pyridine rings is 1. The van der Waals surface area contributed by atoms with E-state index in [0.29, 0.717) is 5.69 Å². The summed E-state index contributed by atoms with van der Waals surface area (Å²) in [5.41, 5.74) is 1.48. The van der Waals surface area contributed by atoms with Gasteiger partial charge in [-0.2, -0.15) is 0 Å². The Bertz CT molecular complexity index is 543. The normalized spacial score (nSPS) is 11.9. The number of nitrogens with zero attached hydrogens (tertiary/aromatic N) is 1. The van der Waals surface area contributed by atoms with E-state index in [0.717, 1.165) is 10.0 Å². The first kappa shape index (κ1) is 12.8. The number of benzene rings is 1. The molecule has 0 radical (unpaired) electrons. The maximum atomic E-state index is 11.9. The first-order chi connectivity index (χ1) is 8.66. The zero-order valence-corrected chi connectivity index (χ0v) is 11.5. The number of halogens is 1. The Balaban J connectivity index is 2.08. The van der Waals surface area contributed by atoms with Gasteiger partial charge in [-0.25, -0.2) is 0 Å². The maximum Gasteiger partial charge on any atom is 0.270 e. The van der Waals surface area contributed by atoms with Crippen LogP contribution in [-0.2, 0) is 0 Å². The van der Waals surface area contributed by atoms with Crippen molar-refractivity contribution < 1.29 is 4.79 Å². The molecule has 1 heterocycles. The van der Waals surface area contributed by atoms with Crippen LogP contribution in [0.15, 0.2) is 53.1 Å². The van der Waals surface area contributed by atoms with Gasteiger partial charge in [0.1, 0.15) is 5.69 Å². The molecule has 4 heteroatoms. The summed E-state index contributed by atoms with van der Waals surface area (Å²) in [4.78, 5) is 15.9. The lowest BCUT2D eigenvalue weighted by Crippen LogP contribution is -2.27. The molecule has 0 saturated carbocycles. The third-order valence-electron chi connectivity index (χ3n) is 2.59. The van der Waals surface area contributed by atoms with Crippen molar-refractivity contribution in [3.63, 3.8) is 0 Å². The topological polar surface area (TPSA) is 42.0 Å². The SMILES string of the molecule is C[C@H](NC(=O)c1ccccn1)c1cccc(Br)c1. The van der Waals surface area contributed by atoms with Crippen LogP contribution in [0.1, 0.15) is 29.0 Å². The molecule has 1 aromatic carbocycles. The third-order valence-corrected chi connectivity index (χ3v) is 3.09. The fourth-order valence-corrected chi connectivity index (χ4v) is 2.04. The second-order valence-corrected chi connectivity index (χ2v) is 4.88. The smallest absolute Gasteiger partial charge is 0.270 e.